The van der Waals surface area contributed by atoms with Crippen molar-refractivity contribution >= 4 is 0 Å². The summed E-state index contributed by atoms with van der Waals surface area (Å²) in [7, 11) is 0. The maximum atomic E-state index is 13.2. The first-order valence-electron chi connectivity index (χ1n) is 5.03. The normalized spacial score (nSPS) is 27.8. The Labute approximate surface area is 85.8 Å². The van der Waals surface area contributed by atoms with Crippen LogP contribution in [-0.2, 0) is 0 Å². The highest BCUT2D eigenvalue weighted by atomic mass is 19.4. The number of halogens is 5. The van der Waals surface area contributed by atoms with Crippen molar-refractivity contribution in [1.82, 2.24) is 0 Å². The molecule has 0 amide bonds. The molecule has 0 spiro atoms. The fourth-order valence-electron chi connectivity index (χ4n) is 2.36. The van der Waals surface area contributed by atoms with Crippen molar-refractivity contribution in [1.29, 1.82) is 0 Å². The molecule has 1 rings (SSSR count). The Hall–Kier alpha value is -0.350. The predicted octanol–water partition coefficient (Wildman–Crippen LogP) is 4.40. The molecule has 0 heterocycles. The molecular weight excluding hydrogens is 215 g/mol. The lowest BCUT2D eigenvalue weighted by Crippen LogP contribution is -2.50. The van der Waals surface area contributed by atoms with E-state index < -0.39 is 23.4 Å². The molecular formula is C10H15F5. The smallest absolute Gasteiger partial charge is 0.196 e. The highest BCUT2D eigenvalue weighted by molar-refractivity contribution is 4.94. The van der Waals surface area contributed by atoms with Gasteiger partial charge < -0.3 is 0 Å². The lowest BCUT2D eigenvalue weighted by atomic mass is 9.66. The van der Waals surface area contributed by atoms with Gasteiger partial charge >= 0.3 is 12.1 Å². The minimum Gasteiger partial charge on any atom is -0.196 e. The van der Waals surface area contributed by atoms with E-state index in [9.17, 15) is 22.0 Å². The Kier molecular flexibility index (Phi) is 3.05. The molecule has 1 atom stereocenters. The van der Waals surface area contributed by atoms with Gasteiger partial charge in [-0.2, -0.15) is 22.0 Å². The first kappa shape index (κ1) is 12.7. The van der Waals surface area contributed by atoms with E-state index in [-0.39, 0.29) is 6.42 Å². The summed E-state index contributed by atoms with van der Waals surface area (Å²) in [6.07, 6.45) is -3.84. The minimum atomic E-state index is -5.42. The maximum Gasteiger partial charge on any atom is 0.453 e. The molecule has 15 heavy (non-hydrogen) atoms. The van der Waals surface area contributed by atoms with Gasteiger partial charge in [0, 0.05) is 5.92 Å². The van der Waals surface area contributed by atoms with Crippen molar-refractivity contribution in [3.63, 3.8) is 0 Å². The van der Waals surface area contributed by atoms with Crippen LogP contribution in [0.4, 0.5) is 22.0 Å². The summed E-state index contributed by atoms with van der Waals surface area (Å²) in [5, 5.41) is 0. The zero-order valence-corrected chi connectivity index (χ0v) is 8.80. The molecule has 0 aliphatic heterocycles. The minimum absolute atomic E-state index is 0.0422. The van der Waals surface area contributed by atoms with Crippen LogP contribution < -0.4 is 0 Å². The highest BCUT2D eigenvalue weighted by Gasteiger charge is 2.65. The predicted molar refractivity (Wildman–Crippen MR) is 46.7 cm³/mol. The molecule has 1 saturated carbocycles. The van der Waals surface area contributed by atoms with Crippen LogP contribution in [0.3, 0.4) is 0 Å². The van der Waals surface area contributed by atoms with Crippen LogP contribution in [-0.4, -0.2) is 12.1 Å². The van der Waals surface area contributed by atoms with E-state index in [1.807, 2.05) is 0 Å². The van der Waals surface area contributed by atoms with Crippen LogP contribution in [0.5, 0.6) is 0 Å². The summed E-state index contributed by atoms with van der Waals surface area (Å²) in [4.78, 5) is 0. The monoisotopic (exact) mass is 230 g/mol. The topological polar surface area (TPSA) is 0 Å². The van der Waals surface area contributed by atoms with E-state index in [1.165, 1.54) is 13.8 Å². The third-order valence-electron chi connectivity index (χ3n) is 3.32. The third-order valence-corrected chi connectivity index (χ3v) is 3.32. The van der Waals surface area contributed by atoms with Crippen molar-refractivity contribution in [3.8, 4) is 0 Å². The Morgan fingerprint density at radius 3 is 1.93 bits per heavy atom. The molecule has 1 aliphatic rings. The van der Waals surface area contributed by atoms with Crippen molar-refractivity contribution in [2.75, 3.05) is 0 Å². The largest absolute Gasteiger partial charge is 0.453 e. The van der Waals surface area contributed by atoms with E-state index in [0.717, 1.165) is 6.42 Å². The fourth-order valence-corrected chi connectivity index (χ4v) is 2.36. The van der Waals surface area contributed by atoms with Gasteiger partial charge in [0.05, 0.1) is 0 Å². The molecule has 0 bridgehead atoms. The van der Waals surface area contributed by atoms with Gasteiger partial charge in [-0.3, -0.25) is 0 Å². The summed E-state index contributed by atoms with van der Waals surface area (Å²) < 4.78 is 63.0. The van der Waals surface area contributed by atoms with Gasteiger partial charge in [0.25, 0.3) is 0 Å². The summed E-state index contributed by atoms with van der Waals surface area (Å²) in [6, 6.07) is 0. The number of alkyl halides is 5. The molecule has 0 aromatic rings. The zero-order valence-electron chi connectivity index (χ0n) is 8.80. The van der Waals surface area contributed by atoms with Crippen LogP contribution >= 0.6 is 0 Å². The number of hydrogen-bond acceptors (Lipinski definition) is 0. The van der Waals surface area contributed by atoms with E-state index in [0.29, 0.717) is 12.8 Å². The Morgan fingerprint density at radius 1 is 1.00 bits per heavy atom. The molecule has 0 saturated heterocycles. The van der Waals surface area contributed by atoms with Crippen molar-refractivity contribution in [2.45, 2.75) is 51.6 Å². The van der Waals surface area contributed by atoms with Crippen LogP contribution in [0, 0.1) is 11.3 Å². The SMILES string of the molecule is CC1(C)CCCC[C@@H]1C(F)(F)C(F)(F)F. The van der Waals surface area contributed by atoms with Crippen LogP contribution in [0.1, 0.15) is 39.5 Å². The second-order valence-electron chi connectivity index (χ2n) is 4.91. The molecule has 5 heteroatoms. The highest BCUT2D eigenvalue weighted by Crippen LogP contribution is 2.53. The van der Waals surface area contributed by atoms with E-state index >= 15 is 0 Å². The van der Waals surface area contributed by atoms with E-state index in [4.69, 9.17) is 0 Å². The van der Waals surface area contributed by atoms with Gasteiger partial charge in [0.1, 0.15) is 0 Å². The summed E-state index contributed by atoms with van der Waals surface area (Å²) in [5.74, 6) is -6.14. The first-order chi connectivity index (χ1) is 6.59. The van der Waals surface area contributed by atoms with Crippen molar-refractivity contribution in [2.24, 2.45) is 11.3 Å². The van der Waals surface area contributed by atoms with Gasteiger partial charge in [-0.25, -0.2) is 0 Å². The molecule has 0 N–H and O–H groups in total. The van der Waals surface area contributed by atoms with E-state index in [1.54, 1.807) is 0 Å². The molecule has 0 aromatic heterocycles. The molecule has 0 unspecified atom stereocenters. The molecule has 0 radical (unpaired) electrons. The van der Waals surface area contributed by atoms with Gasteiger partial charge in [0.15, 0.2) is 0 Å². The van der Waals surface area contributed by atoms with E-state index in [2.05, 4.69) is 0 Å². The van der Waals surface area contributed by atoms with Gasteiger partial charge in [-0.15, -0.1) is 0 Å². The third kappa shape index (κ3) is 2.26. The molecule has 0 aromatic carbocycles. The van der Waals surface area contributed by atoms with Crippen molar-refractivity contribution < 1.29 is 22.0 Å². The summed E-state index contributed by atoms with van der Waals surface area (Å²) in [5.41, 5.74) is -0.933. The first-order valence-corrected chi connectivity index (χ1v) is 5.03. The Morgan fingerprint density at radius 2 is 1.53 bits per heavy atom. The Balaban J connectivity index is 2.94. The molecule has 1 aliphatic carbocycles. The van der Waals surface area contributed by atoms with Crippen molar-refractivity contribution in [3.05, 3.63) is 0 Å². The molecule has 0 nitrogen and oxygen atoms in total. The summed E-state index contributed by atoms with van der Waals surface area (Å²) in [6.45, 7) is 2.99. The molecule has 90 valence electrons. The average Bonchev–Trinajstić information content (AvgIpc) is 2.00. The molecule has 1 fully saturated rings. The van der Waals surface area contributed by atoms with Gasteiger partial charge in [-0.05, 0) is 18.3 Å². The van der Waals surface area contributed by atoms with Crippen LogP contribution in [0.15, 0.2) is 0 Å². The second-order valence-corrected chi connectivity index (χ2v) is 4.91. The van der Waals surface area contributed by atoms with Gasteiger partial charge in [-0.1, -0.05) is 26.7 Å². The fraction of sp³-hybridized carbons (Fsp3) is 1.00. The maximum absolute atomic E-state index is 13.2. The number of hydrogen-bond donors (Lipinski definition) is 0. The quantitative estimate of drug-likeness (QED) is 0.585. The summed E-state index contributed by atoms with van der Waals surface area (Å²) >= 11 is 0. The zero-order chi connectivity index (χ0) is 11.9. The lowest BCUT2D eigenvalue weighted by Gasteiger charge is -2.43. The van der Waals surface area contributed by atoms with Gasteiger partial charge in [0.2, 0.25) is 0 Å². The second kappa shape index (κ2) is 3.59. The van der Waals surface area contributed by atoms with Crippen LogP contribution in [0.2, 0.25) is 0 Å². The lowest BCUT2D eigenvalue weighted by molar-refractivity contribution is -0.317. The van der Waals surface area contributed by atoms with Crippen LogP contribution in [0.25, 0.3) is 0 Å². The number of rotatable bonds is 1. The average molecular weight is 230 g/mol. The Bertz CT molecular complexity index is 228. The standard InChI is InChI=1S/C10H15F5/c1-8(2)6-4-3-5-7(8)9(11,12)10(13,14)15/h7H,3-6H2,1-2H3/t7-/m0/s1.